The zero-order chi connectivity index (χ0) is 17.8. The van der Waals surface area contributed by atoms with Gasteiger partial charge in [-0.2, -0.15) is 10.4 Å². The number of amides is 1. The lowest BCUT2D eigenvalue weighted by molar-refractivity contribution is -0.122. The first-order valence-corrected chi connectivity index (χ1v) is 8.57. The SMILES string of the molecule is Cc1nn(C)cc1C1CCCN1CC(=O)NCc1cccc(C#N)c1. The molecule has 6 heteroatoms. The summed E-state index contributed by atoms with van der Waals surface area (Å²) in [6, 6.07) is 9.70. The van der Waals surface area contributed by atoms with Crippen LogP contribution in [0.2, 0.25) is 0 Å². The summed E-state index contributed by atoms with van der Waals surface area (Å²) in [5, 5.41) is 16.3. The average Bonchev–Trinajstić information content (AvgIpc) is 3.18. The first-order valence-electron chi connectivity index (χ1n) is 8.57. The summed E-state index contributed by atoms with van der Waals surface area (Å²) in [6.45, 7) is 3.78. The van der Waals surface area contributed by atoms with E-state index >= 15 is 0 Å². The molecule has 1 N–H and O–H groups in total. The molecule has 0 spiro atoms. The Bertz CT molecular complexity index is 804. The molecule has 1 saturated heterocycles. The maximum absolute atomic E-state index is 12.4. The molecular formula is C19H23N5O. The van der Waals surface area contributed by atoms with Crippen molar-refractivity contribution < 1.29 is 4.79 Å². The van der Waals surface area contributed by atoms with Gasteiger partial charge < -0.3 is 5.32 Å². The van der Waals surface area contributed by atoms with Gasteiger partial charge >= 0.3 is 0 Å². The number of nitrogens with one attached hydrogen (secondary N) is 1. The first kappa shape index (κ1) is 17.2. The second-order valence-corrected chi connectivity index (χ2v) is 6.56. The summed E-state index contributed by atoms with van der Waals surface area (Å²) >= 11 is 0. The van der Waals surface area contributed by atoms with Crippen molar-refractivity contribution in [3.8, 4) is 6.07 Å². The molecule has 1 fully saturated rings. The summed E-state index contributed by atoms with van der Waals surface area (Å²) in [5.74, 6) is 0.0100. The Kier molecular flexibility index (Phi) is 5.15. The van der Waals surface area contributed by atoms with Gasteiger partial charge in [-0.15, -0.1) is 0 Å². The van der Waals surface area contributed by atoms with E-state index in [1.807, 2.05) is 30.8 Å². The second kappa shape index (κ2) is 7.49. The largest absolute Gasteiger partial charge is 0.351 e. The van der Waals surface area contributed by atoms with Gasteiger partial charge in [-0.1, -0.05) is 12.1 Å². The number of carbonyl (C=O) groups excluding carboxylic acids is 1. The molecule has 2 heterocycles. The fourth-order valence-electron chi connectivity index (χ4n) is 3.50. The molecule has 1 atom stereocenters. The van der Waals surface area contributed by atoms with Crippen LogP contribution in [0.4, 0.5) is 0 Å². The molecule has 25 heavy (non-hydrogen) atoms. The topological polar surface area (TPSA) is 74.0 Å². The monoisotopic (exact) mass is 337 g/mol. The van der Waals surface area contributed by atoms with Crippen LogP contribution >= 0.6 is 0 Å². The third kappa shape index (κ3) is 4.06. The summed E-state index contributed by atoms with van der Waals surface area (Å²) in [6.07, 6.45) is 4.21. The predicted octanol–water partition coefficient (Wildman–Crippen LogP) is 2.05. The minimum Gasteiger partial charge on any atom is -0.351 e. The van der Waals surface area contributed by atoms with Crippen molar-refractivity contribution in [3.63, 3.8) is 0 Å². The number of carbonyl (C=O) groups is 1. The van der Waals surface area contributed by atoms with E-state index in [4.69, 9.17) is 5.26 Å². The normalized spacial score (nSPS) is 17.4. The van der Waals surface area contributed by atoms with E-state index < -0.39 is 0 Å². The first-order chi connectivity index (χ1) is 12.1. The molecule has 1 aromatic carbocycles. The number of aryl methyl sites for hydroxylation is 2. The number of rotatable bonds is 5. The Balaban J connectivity index is 1.58. The lowest BCUT2D eigenvalue weighted by Gasteiger charge is -2.23. The van der Waals surface area contributed by atoms with Crippen LogP contribution in [0.5, 0.6) is 0 Å². The van der Waals surface area contributed by atoms with Crippen molar-refractivity contribution in [3.05, 3.63) is 52.8 Å². The summed E-state index contributed by atoms with van der Waals surface area (Å²) in [5.41, 5.74) is 3.80. The summed E-state index contributed by atoms with van der Waals surface area (Å²) in [7, 11) is 1.93. The Hall–Kier alpha value is -2.65. The number of hydrogen-bond acceptors (Lipinski definition) is 4. The molecule has 6 nitrogen and oxygen atoms in total. The maximum atomic E-state index is 12.4. The highest BCUT2D eigenvalue weighted by atomic mass is 16.2. The van der Waals surface area contributed by atoms with Crippen LogP contribution in [-0.4, -0.2) is 33.7 Å². The van der Waals surface area contributed by atoms with E-state index in [2.05, 4.69) is 27.6 Å². The van der Waals surface area contributed by atoms with Crippen LogP contribution in [0, 0.1) is 18.3 Å². The number of benzene rings is 1. The third-order valence-electron chi connectivity index (χ3n) is 4.67. The van der Waals surface area contributed by atoms with Gasteiger partial charge in [0, 0.05) is 31.4 Å². The smallest absolute Gasteiger partial charge is 0.234 e. The number of nitrogens with zero attached hydrogens (tertiary/aromatic N) is 4. The van der Waals surface area contributed by atoms with Crippen LogP contribution < -0.4 is 5.32 Å². The minimum absolute atomic E-state index is 0.0100. The Labute approximate surface area is 148 Å². The van der Waals surface area contributed by atoms with E-state index in [-0.39, 0.29) is 11.9 Å². The molecule has 1 amide bonds. The average molecular weight is 337 g/mol. The third-order valence-corrected chi connectivity index (χ3v) is 4.67. The van der Waals surface area contributed by atoms with Crippen molar-refractivity contribution >= 4 is 5.91 Å². The molecule has 0 aliphatic carbocycles. The standard InChI is InChI=1S/C19H23N5O/c1-14-17(12-23(2)22-14)18-7-4-8-24(18)13-19(25)21-11-16-6-3-5-15(9-16)10-20/h3,5-6,9,12,18H,4,7-8,11,13H2,1-2H3,(H,21,25). The van der Waals surface area contributed by atoms with Gasteiger partial charge in [0.2, 0.25) is 5.91 Å². The molecule has 1 aromatic heterocycles. The molecule has 0 saturated carbocycles. The van der Waals surface area contributed by atoms with Crippen LogP contribution in [-0.2, 0) is 18.4 Å². The second-order valence-electron chi connectivity index (χ2n) is 6.56. The predicted molar refractivity (Wildman–Crippen MR) is 94.5 cm³/mol. The quantitative estimate of drug-likeness (QED) is 0.906. The van der Waals surface area contributed by atoms with Crippen LogP contribution in [0.25, 0.3) is 0 Å². The van der Waals surface area contributed by atoms with Gasteiger partial charge in [-0.3, -0.25) is 14.4 Å². The molecule has 0 bridgehead atoms. The van der Waals surface area contributed by atoms with Crippen LogP contribution in [0.15, 0.2) is 30.5 Å². The molecule has 1 unspecified atom stereocenters. The van der Waals surface area contributed by atoms with E-state index in [0.29, 0.717) is 18.7 Å². The number of nitriles is 1. The Morgan fingerprint density at radius 3 is 3.04 bits per heavy atom. The van der Waals surface area contributed by atoms with Gasteiger partial charge in [0.1, 0.15) is 0 Å². The van der Waals surface area contributed by atoms with Gasteiger partial charge in [-0.05, 0) is 44.0 Å². The summed E-state index contributed by atoms with van der Waals surface area (Å²) in [4.78, 5) is 14.6. The Morgan fingerprint density at radius 2 is 2.32 bits per heavy atom. The highest BCUT2D eigenvalue weighted by Gasteiger charge is 2.29. The lowest BCUT2D eigenvalue weighted by Crippen LogP contribution is -2.36. The highest BCUT2D eigenvalue weighted by molar-refractivity contribution is 5.78. The maximum Gasteiger partial charge on any atom is 0.234 e. The van der Waals surface area contributed by atoms with E-state index in [1.54, 1.807) is 12.1 Å². The molecule has 3 rings (SSSR count). The highest BCUT2D eigenvalue weighted by Crippen LogP contribution is 2.32. The van der Waals surface area contributed by atoms with E-state index in [1.165, 1.54) is 5.56 Å². The van der Waals surface area contributed by atoms with Gasteiger partial charge in [0.15, 0.2) is 0 Å². The van der Waals surface area contributed by atoms with Crippen LogP contribution in [0.1, 0.15) is 41.3 Å². The number of aromatic nitrogens is 2. The fourth-order valence-corrected chi connectivity index (χ4v) is 3.50. The van der Waals surface area contributed by atoms with Gasteiger partial charge in [-0.25, -0.2) is 0 Å². The van der Waals surface area contributed by atoms with E-state index in [0.717, 1.165) is 30.6 Å². The molecule has 2 aromatic rings. The minimum atomic E-state index is 0.0100. The van der Waals surface area contributed by atoms with Crippen molar-refractivity contribution in [2.24, 2.45) is 7.05 Å². The van der Waals surface area contributed by atoms with Crippen molar-refractivity contribution in [1.82, 2.24) is 20.0 Å². The molecular weight excluding hydrogens is 314 g/mol. The van der Waals surface area contributed by atoms with Gasteiger partial charge in [0.05, 0.1) is 23.9 Å². The number of hydrogen-bond donors (Lipinski definition) is 1. The molecule has 1 aliphatic rings. The van der Waals surface area contributed by atoms with Gasteiger partial charge in [0.25, 0.3) is 0 Å². The van der Waals surface area contributed by atoms with E-state index in [9.17, 15) is 4.79 Å². The Morgan fingerprint density at radius 1 is 1.48 bits per heavy atom. The van der Waals surface area contributed by atoms with Crippen molar-refractivity contribution in [2.75, 3.05) is 13.1 Å². The number of likely N-dealkylation sites (tertiary alicyclic amines) is 1. The van der Waals surface area contributed by atoms with Crippen molar-refractivity contribution in [1.29, 1.82) is 5.26 Å². The zero-order valence-corrected chi connectivity index (χ0v) is 14.7. The molecule has 0 radical (unpaired) electrons. The summed E-state index contributed by atoms with van der Waals surface area (Å²) < 4.78 is 1.84. The van der Waals surface area contributed by atoms with Crippen molar-refractivity contribution in [2.45, 2.75) is 32.4 Å². The fraction of sp³-hybridized carbons (Fsp3) is 0.421. The molecule has 130 valence electrons. The molecule has 1 aliphatic heterocycles. The zero-order valence-electron chi connectivity index (χ0n) is 14.7. The van der Waals surface area contributed by atoms with Crippen LogP contribution in [0.3, 0.4) is 0 Å². The lowest BCUT2D eigenvalue weighted by atomic mass is 10.1.